The van der Waals surface area contributed by atoms with Crippen LogP contribution in [0, 0.1) is 6.92 Å². The Labute approximate surface area is 161 Å². The molecule has 0 aliphatic rings. The highest BCUT2D eigenvalue weighted by Crippen LogP contribution is 2.32. The number of carbonyl (C=O) groups excluding carboxylic acids is 1. The molecule has 27 heavy (non-hydrogen) atoms. The number of nitrogens with one attached hydrogen (secondary N) is 2. The van der Waals surface area contributed by atoms with Crippen LogP contribution in [0.5, 0.6) is 11.5 Å². The van der Waals surface area contributed by atoms with Crippen molar-refractivity contribution in [3.05, 3.63) is 54.5 Å². The molecule has 2 aromatic heterocycles. The molecule has 140 valence electrons. The number of rotatable bonds is 7. The number of thiazole rings is 1. The summed E-state index contributed by atoms with van der Waals surface area (Å²) in [7, 11) is 1.59. The second-order valence-corrected chi connectivity index (χ2v) is 6.55. The van der Waals surface area contributed by atoms with Gasteiger partial charge in [0.15, 0.2) is 16.6 Å². The SMILES string of the molecule is COc1ccccc1OCCNC(=O)Nc1nc(C)c(-c2ccncc2)s1. The average Bonchev–Trinajstić information content (AvgIpc) is 3.06. The number of pyridine rings is 1. The molecule has 3 aromatic rings. The van der Waals surface area contributed by atoms with Crippen LogP contribution in [-0.4, -0.2) is 36.3 Å². The Morgan fingerprint density at radius 3 is 2.63 bits per heavy atom. The topological polar surface area (TPSA) is 85.4 Å². The van der Waals surface area contributed by atoms with Crippen molar-refractivity contribution in [2.45, 2.75) is 6.92 Å². The fourth-order valence-electron chi connectivity index (χ4n) is 2.43. The molecular formula is C19H20N4O3S. The Bertz CT molecular complexity index is 899. The smallest absolute Gasteiger partial charge is 0.321 e. The molecule has 2 N–H and O–H groups in total. The predicted molar refractivity (Wildman–Crippen MR) is 106 cm³/mol. The van der Waals surface area contributed by atoms with Crippen molar-refractivity contribution in [3.63, 3.8) is 0 Å². The number of para-hydroxylation sites is 2. The summed E-state index contributed by atoms with van der Waals surface area (Å²) in [6.07, 6.45) is 3.46. The molecule has 0 atom stereocenters. The van der Waals surface area contributed by atoms with Crippen LogP contribution in [-0.2, 0) is 0 Å². The minimum atomic E-state index is -0.325. The van der Waals surface area contributed by atoms with Crippen LogP contribution in [0.1, 0.15) is 5.69 Å². The van der Waals surface area contributed by atoms with Gasteiger partial charge in [-0.3, -0.25) is 10.3 Å². The Morgan fingerprint density at radius 2 is 1.89 bits per heavy atom. The van der Waals surface area contributed by atoms with Crippen molar-refractivity contribution < 1.29 is 14.3 Å². The van der Waals surface area contributed by atoms with Crippen molar-refractivity contribution in [1.29, 1.82) is 0 Å². The van der Waals surface area contributed by atoms with E-state index in [0.717, 1.165) is 16.1 Å². The molecule has 0 aliphatic heterocycles. The molecule has 0 radical (unpaired) electrons. The number of ether oxygens (including phenoxy) is 2. The average molecular weight is 384 g/mol. The number of amides is 2. The third-order valence-electron chi connectivity index (χ3n) is 3.67. The summed E-state index contributed by atoms with van der Waals surface area (Å²) in [6, 6.07) is 10.9. The Balaban J connectivity index is 1.49. The van der Waals surface area contributed by atoms with Gasteiger partial charge in [0.2, 0.25) is 0 Å². The molecule has 2 heterocycles. The van der Waals surface area contributed by atoms with Crippen molar-refractivity contribution in [2.75, 3.05) is 25.6 Å². The van der Waals surface area contributed by atoms with E-state index in [0.29, 0.717) is 29.8 Å². The number of anilines is 1. The number of aromatic nitrogens is 2. The van der Waals surface area contributed by atoms with Gasteiger partial charge in [-0.2, -0.15) is 0 Å². The lowest BCUT2D eigenvalue weighted by atomic mass is 10.2. The number of urea groups is 1. The molecule has 3 rings (SSSR count). The first-order valence-corrected chi connectivity index (χ1v) is 9.17. The van der Waals surface area contributed by atoms with Gasteiger partial charge in [-0.25, -0.2) is 9.78 Å². The van der Waals surface area contributed by atoms with Crippen LogP contribution in [0.15, 0.2) is 48.8 Å². The van der Waals surface area contributed by atoms with Crippen LogP contribution < -0.4 is 20.1 Å². The molecule has 0 aliphatic carbocycles. The largest absolute Gasteiger partial charge is 0.493 e. The molecule has 0 spiro atoms. The monoisotopic (exact) mass is 384 g/mol. The maximum Gasteiger partial charge on any atom is 0.321 e. The maximum absolute atomic E-state index is 12.1. The second-order valence-electron chi connectivity index (χ2n) is 5.55. The maximum atomic E-state index is 12.1. The third-order valence-corrected chi connectivity index (χ3v) is 4.80. The third kappa shape index (κ3) is 4.95. The summed E-state index contributed by atoms with van der Waals surface area (Å²) in [5, 5.41) is 6.05. The van der Waals surface area contributed by atoms with Gasteiger partial charge in [0.05, 0.1) is 24.2 Å². The second kappa shape index (κ2) is 9.00. The minimum absolute atomic E-state index is 0.325. The first-order valence-electron chi connectivity index (χ1n) is 8.36. The molecule has 0 bridgehead atoms. The Hall–Kier alpha value is -3.13. The molecule has 7 nitrogen and oxygen atoms in total. The Kier molecular flexibility index (Phi) is 6.22. The molecule has 0 saturated carbocycles. The number of hydrogen-bond acceptors (Lipinski definition) is 6. The van der Waals surface area contributed by atoms with Crippen LogP contribution in [0.3, 0.4) is 0 Å². The van der Waals surface area contributed by atoms with Gasteiger partial charge in [0.1, 0.15) is 6.61 Å². The summed E-state index contributed by atoms with van der Waals surface area (Å²) in [6.45, 7) is 2.59. The van der Waals surface area contributed by atoms with E-state index in [1.807, 2.05) is 43.3 Å². The van der Waals surface area contributed by atoms with Crippen LogP contribution in [0.25, 0.3) is 10.4 Å². The first-order chi connectivity index (χ1) is 13.2. The van der Waals surface area contributed by atoms with E-state index in [9.17, 15) is 4.79 Å². The van der Waals surface area contributed by atoms with Crippen LogP contribution in [0.4, 0.5) is 9.93 Å². The quantitative estimate of drug-likeness (QED) is 0.607. The number of methoxy groups -OCH3 is 1. The fourth-order valence-corrected chi connectivity index (χ4v) is 3.39. The van der Waals surface area contributed by atoms with E-state index in [1.165, 1.54) is 11.3 Å². The molecule has 2 amide bonds. The summed E-state index contributed by atoms with van der Waals surface area (Å²) >= 11 is 1.42. The summed E-state index contributed by atoms with van der Waals surface area (Å²) < 4.78 is 10.8. The van der Waals surface area contributed by atoms with Gasteiger partial charge in [-0.1, -0.05) is 23.5 Å². The van der Waals surface area contributed by atoms with Gasteiger partial charge >= 0.3 is 6.03 Å². The van der Waals surface area contributed by atoms with E-state index in [1.54, 1.807) is 19.5 Å². The van der Waals surface area contributed by atoms with Crippen molar-refractivity contribution >= 4 is 22.5 Å². The normalized spacial score (nSPS) is 10.3. The number of aryl methyl sites for hydroxylation is 1. The molecule has 1 aromatic carbocycles. The zero-order valence-corrected chi connectivity index (χ0v) is 15.9. The van der Waals surface area contributed by atoms with E-state index >= 15 is 0 Å². The van der Waals surface area contributed by atoms with Crippen LogP contribution >= 0.6 is 11.3 Å². The number of hydrogen-bond donors (Lipinski definition) is 2. The van der Waals surface area contributed by atoms with Crippen molar-refractivity contribution in [1.82, 2.24) is 15.3 Å². The standard InChI is InChI=1S/C19H20N4O3S/c1-13-17(14-7-9-20-10-8-14)27-19(22-13)23-18(24)21-11-12-26-16-6-4-3-5-15(16)25-2/h3-10H,11-12H2,1-2H3,(H2,21,22,23,24). The van der Waals surface area contributed by atoms with E-state index in [-0.39, 0.29) is 6.03 Å². The van der Waals surface area contributed by atoms with Gasteiger partial charge in [-0.15, -0.1) is 0 Å². The van der Waals surface area contributed by atoms with E-state index < -0.39 is 0 Å². The van der Waals surface area contributed by atoms with E-state index in [4.69, 9.17) is 9.47 Å². The number of nitrogens with zero attached hydrogens (tertiary/aromatic N) is 2. The highest BCUT2D eigenvalue weighted by Gasteiger charge is 2.11. The lowest BCUT2D eigenvalue weighted by Crippen LogP contribution is -2.32. The lowest BCUT2D eigenvalue weighted by molar-refractivity contribution is 0.246. The van der Waals surface area contributed by atoms with Gasteiger partial charge < -0.3 is 14.8 Å². The molecule has 0 unspecified atom stereocenters. The minimum Gasteiger partial charge on any atom is -0.493 e. The summed E-state index contributed by atoms with van der Waals surface area (Å²) in [5.74, 6) is 1.30. The van der Waals surface area contributed by atoms with E-state index in [2.05, 4.69) is 20.6 Å². The van der Waals surface area contributed by atoms with Gasteiger partial charge in [-0.05, 0) is 36.8 Å². The van der Waals surface area contributed by atoms with Crippen LogP contribution in [0.2, 0.25) is 0 Å². The molecule has 0 fully saturated rings. The summed E-state index contributed by atoms with van der Waals surface area (Å²) in [5.41, 5.74) is 1.89. The molecule has 8 heteroatoms. The number of carbonyl (C=O) groups is 1. The zero-order valence-electron chi connectivity index (χ0n) is 15.1. The van der Waals surface area contributed by atoms with Gasteiger partial charge in [0.25, 0.3) is 0 Å². The molecule has 0 saturated heterocycles. The predicted octanol–water partition coefficient (Wildman–Crippen LogP) is 3.72. The molecular weight excluding hydrogens is 364 g/mol. The zero-order chi connectivity index (χ0) is 19.1. The van der Waals surface area contributed by atoms with Gasteiger partial charge in [0, 0.05) is 12.4 Å². The first kappa shape index (κ1) is 18.7. The number of benzene rings is 1. The fraction of sp³-hybridized carbons (Fsp3) is 0.211. The summed E-state index contributed by atoms with van der Waals surface area (Å²) in [4.78, 5) is 21.5. The highest BCUT2D eigenvalue weighted by atomic mass is 32.1. The van der Waals surface area contributed by atoms with Crippen molar-refractivity contribution in [2.24, 2.45) is 0 Å². The Morgan fingerprint density at radius 1 is 1.15 bits per heavy atom. The lowest BCUT2D eigenvalue weighted by Gasteiger charge is -2.10. The highest BCUT2D eigenvalue weighted by molar-refractivity contribution is 7.19. The van der Waals surface area contributed by atoms with Crippen molar-refractivity contribution in [3.8, 4) is 21.9 Å².